The van der Waals surface area contributed by atoms with E-state index in [1.807, 2.05) is 0 Å². The summed E-state index contributed by atoms with van der Waals surface area (Å²) in [4.78, 5) is 6.34. The summed E-state index contributed by atoms with van der Waals surface area (Å²) in [6.45, 7) is 12.0. The Hall–Kier alpha value is -1.16. The summed E-state index contributed by atoms with van der Waals surface area (Å²) in [7, 11) is 0. The van der Waals surface area contributed by atoms with Crippen LogP contribution in [0, 0.1) is 23.6 Å². The first kappa shape index (κ1) is 15.2. The average molecular weight is 279 g/mol. The Bertz CT molecular complexity index is 437. The maximum atomic E-state index is 14.6. The van der Waals surface area contributed by atoms with Gasteiger partial charge in [0.2, 0.25) is 0 Å². The minimum Gasteiger partial charge on any atom is -0.354 e. The zero-order valence-electron chi connectivity index (χ0n) is 13.0. The minimum absolute atomic E-state index is 0.162. The summed E-state index contributed by atoms with van der Waals surface area (Å²) in [5.74, 6) is 2.12. The zero-order chi connectivity index (χ0) is 14.7. The summed E-state index contributed by atoms with van der Waals surface area (Å²) < 4.78 is 14.6. The van der Waals surface area contributed by atoms with Crippen LogP contribution in [0.4, 0.5) is 10.2 Å². The van der Waals surface area contributed by atoms with Crippen molar-refractivity contribution in [3.63, 3.8) is 0 Å². The Balaban J connectivity index is 2.07. The minimum atomic E-state index is -0.162. The van der Waals surface area contributed by atoms with Gasteiger partial charge in [0.25, 0.3) is 0 Å². The predicted octanol–water partition coefficient (Wildman–Crippen LogP) is 3.06. The molecule has 1 N–H and O–H groups in total. The van der Waals surface area contributed by atoms with E-state index in [0.29, 0.717) is 35.7 Å². The molecule has 3 nitrogen and oxygen atoms in total. The number of anilines is 1. The van der Waals surface area contributed by atoms with Crippen LogP contribution in [0.2, 0.25) is 0 Å². The lowest BCUT2D eigenvalue weighted by molar-refractivity contribution is 0.494. The molecule has 0 saturated carbocycles. The summed E-state index contributed by atoms with van der Waals surface area (Å²) >= 11 is 0. The highest BCUT2D eigenvalue weighted by molar-refractivity contribution is 5.44. The van der Waals surface area contributed by atoms with Crippen molar-refractivity contribution in [1.82, 2.24) is 10.3 Å². The Labute approximate surface area is 121 Å². The fraction of sp³-hybridized carbons (Fsp3) is 0.688. The van der Waals surface area contributed by atoms with E-state index in [-0.39, 0.29) is 5.82 Å². The van der Waals surface area contributed by atoms with Gasteiger partial charge in [-0.15, -0.1) is 0 Å². The molecule has 0 aliphatic carbocycles. The van der Waals surface area contributed by atoms with Crippen LogP contribution in [-0.2, 0) is 6.54 Å². The number of halogens is 1. The molecule has 20 heavy (non-hydrogen) atoms. The van der Waals surface area contributed by atoms with Gasteiger partial charge in [-0.1, -0.05) is 27.7 Å². The van der Waals surface area contributed by atoms with Crippen molar-refractivity contribution < 1.29 is 4.39 Å². The molecular formula is C16H26FN3. The number of pyridine rings is 1. The molecule has 2 unspecified atom stereocenters. The first-order chi connectivity index (χ1) is 9.49. The number of nitrogens with one attached hydrogen (secondary N) is 1. The lowest BCUT2D eigenvalue weighted by Gasteiger charge is -2.19. The van der Waals surface area contributed by atoms with Crippen molar-refractivity contribution in [2.24, 2.45) is 17.8 Å². The monoisotopic (exact) mass is 279 g/mol. The molecule has 2 atom stereocenters. The molecule has 1 aromatic rings. The van der Waals surface area contributed by atoms with Gasteiger partial charge in [0.15, 0.2) is 11.6 Å². The third kappa shape index (κ3) is 3.48. The molecule has 1 aliphatic rings. The van der Waals surface area contributed by atoms with Crippen molar-refractivity contribution >= 4 is 5.82 Å². The third-order valence-electron chi connectivity index (χ3n) is 4.11. The van der Waals surface area contributed by atoms with E-state index in [1.54, 1.807) is 12.3 Å². The number of hydrogen-bond acceptors (Lipinski definition) is 3. The molecular weight excluding hydrogens is 253 g/mol. The van der Waals surface area contributed by atoms with Gasteiger partial charge in [0.1, 0.15) is 0 Å². The standard InChI is InChI=1S/C16H26FN3/c1-11(2)7-18-8-14-5-6-19-16(15(14)17)20-9-12(3)13(4)10-20/h5-6,11-13,18H,7-10H2,1-4H3. The number of aromatic nitrogens is 1. The summed E-state index contributed by atoms with van der Waals surface area (Å²) in [5, 5.41) is 3.29. The van der Waals surface area contributed by atoms with Gasteiger partial charge < -0.3 is 10.2 Å². The Morgan fingerprint density at radius 3 is 2.60 bits per heavy atom. The predicted molar refractivity (Wildman–Crippen MR) is 81.3 cm³/mol. The molecule has 0 amide bonds. The van der Waals surface area contributed by atoms with Gasteiger partial charge in [-0.3, -0.25) is 0 Å². The van der Waals surface area contributed by atoms with Gasteiger partial charge in [-0.25, -0.2) is 9.37 Å². The first-order valence-electron chi connectivity index (χ1n) is 7.58. The quantitative estimate of drug-likeness (QED) is 0.898. The normalized spacial score (nSPS) is 22.8. The maximum absolute atomic E-state index is 14.6. The lowest BCUT2D eigenvalue weighted by atomic mass is 10.0. The SMILES string of the molecule is CC(C)CNCc1ccnc(N2CC(C)C(C)C2)c1F. The van der Waals surface area contributed by atoms with E-state index in [1.165, 1.54) is 0 Å². The van der Waals surface area contributed by atoms with Crippen LogP contribution >= 0.6 is 0 Å². The molecule has 2 heterocycles. The molecule has 1 fully saturated rings. The van der Waals surface area contributed by atoms with Crippen LogP contribution in [0.25, 0.3) is 0 Å². The lowest BCUT2D eigenvalue weighted by Crippen LogP contribution is -2.24. The fourth-order valence-corrected chi connectivity index (χ4v) is 2.63. The van der Waals surface area contributed by atoms with Crippen LogP contribution in [0.1, 0.15) is 33.3 Å². The summed E-state index contributed by atoms with van der Waals surface area (Å²) in [6.07, 6.45) is 1.72. The number of nitrogens with zero attached hydrogens (tertiary/aromatic N) is 2. The van der Waals surface area contributed by atoms with E-state index in [9.17, 15) is 4.39 Å². The molecule has 0 radical (unpaired) electrons. The Kier molecular flexibility index (Phi) is 4.97. The molecule has 1 aromatic heterocycles. The third-order valence-corrected chi connectivity index (χ3v) is 4.11. The highest BCUT2D eigenvalue weighted by Crippen LogP contribution is 2.29. The van der Waals surface area contributed by atoms with Crippen LogP contribution in [0.15, 0.2) is 12.3 Å². The molecule has 1 saturated heterocycles. The van der Waals surface area contributed by atoms with Crippen molar-refractivity contribution in [2.75, 3.05) is 24.5 Å². The molecule has 112 valence electrons. The van der Waals surface area contributed by atoms with Gasteiger partial charge in [0.05, 0.1) is 0 Å². The van der Waals surface area contributed by atoms with Crippen molar-refractivity contribution in [3.05, 3.63) is 23.6 Å². The summed E-state index contributed by atoms with van der Waals surface area (Å²) in [6, 6.07) is 1.77. The molecule has 0 aromatic carbocycles. The Morgan fingerprint density at radius 1 is 1.35 bits per heavy atom. The van der Waals surface area contributed by atoms with Gasteiger partial charge in [0, 0.05) is 31.4 Å². The van der Waals surface area contributed by atoms with Crippen LogP contribution < -0.4 is 10.2 Å². The van der Waals surface area contributed by atoms with Gasteiger partial charge >= 0.3 is 0 Å². The molecule has 0 spiro atoms. The van der Waals surface area contributed by atoms with Crippen molar-refractivity contribution in [3.8, 4) is 0 Å². The number of rotatable bonds is 5. The van der Waals surface area contributed by atoms with E-state index in [4.69, 9.17) is 0 Å². The topological polar surface area (TPSA) is 28.2 Å². The van der Waals surface area contributed by atoms with Crippen LogP contribution in [-0.4, -0.2) is 24.6 Å². The highest BCUT2D eigenvalue weighted by Gasteiger charge is 2.29. The highest BCUT2D eigenvalue weighted by atomic mass is 19.1. The van der Waals surface area contributed by atoms with Crippen molar-refractivity contribution in [1.29, 1.82) is 0 Å². The molecule has 2 rings (SSSR count). The smallest absolute Gasteiger partial charge is 0.170 e. The number of hydrogen-bond donors (Lipinski definition) is 1. The first-order valence-corrected chi connectivity index (χ1v) is 7.58. The van der Waals surface area contributed by atoms with Gasteiger partial charge in [-0.05, 0) is 30.4 Å². The van der Waals surface area contributed by atoms with E-state index < -0.39 is 0 Å². The molecule has 4 heteroatoms. The second-order valence-corrected chi connectivity index (χ2v) is 6.49. The largest absolute Gasteiger partial charge is 0.354 e. The van der Waals surface area contributed by atoms with Crippen LogP contribution in [0.3, 0.4) is 0 Å². The average Bonchev–Trinajstić information content (AvgIpc) is 2.71. The fourth-order valence-electron chi connectivity index (χ4n) is 2.63. The van der Waals surface area contributed by atoms with E-state index >= 15 is 0 Å². The van der Waals surface area contributed by atoms with E-state index in [0.717, 1.165) is 19.6 Å². The summed E-state index contributed by atoms with van der Waals surface area (Å²) in [5.41, 5.74) is 0.711. The second-order valence-electron chi connectivity index (χ2n) is 6.49. The Morgan fingerprint density at radius 2 is 2.00 bits per heavy atom. The van der Waals surface area contributed by atoms with Crippen molar-refractivity contribution in [2.45, 2.75) is 34.2 Å². The molecule has 1 aliphatic heterocycles. The van der Waals surface area contributed by atoms with E-state index in [2.05, 4.69) is 42.9 Å². The zero-order valence-corrected chi connectivity index (χ0v) is 13.0. The molecule has 0 bridgehead atoms. The van der Waals surface area contributed by atoms with Gasteiger partial charge in [-0.2, -0.15) is 0 Å². The maximum Gasteiger partial charge on any atom is 0.170 e. The second kappa shape index (κ2) is 6.53. The van der Waals surface area contributed by atoms with Crippen LogP contribution in [0.5, 0.6) is 0 Å².